The lowest BCUT2D eigenvalue weighted by Gasteiger charge is -1.49. The van der Waals surface area contributed by atoms with Crippen LogP contribution in [0.1, 0.15) is 0 Å². The minimum Gasteiger partial charge on any atom is -0.285 e. The molecule has 0 spiro atoms. The summed E-state index contributed by atoms with van der Waals surface area (Å²) in [7, 11) is 0. The number of hydrogen-bond donors (Lipinski definition) is 0. The molecule has 3 aromatic rings. The van der Waals surface area contributed by atoms with Gasteiger partial charge in [-0.1, -0.05) is 0 Å². The van der Waals surface area contributed by atoms with Gasteiger partial charge in [0.25, 0.3) is 0 Å². The fraction of sp³-hybridized carbons (Fsp3) is 0. The Labute approximate surface area is 47.7 Å². The summed E-state index contributed by atoms with van der Waals surface area (Å²) >= 11 is 0. The summed E-state index contributed by atoms with van der Waals surface area (Å²) in [4.78, 5) is 24.7. The zero-order chi connectivity index (χ0) is 6.17. The van der Waals surface area contributed by atoms with E-state index in [9.17, 15) is 9.59 Å². The first-order valence-corrected chi connectivity index (χ1v) is 2.53. The molecule has 0 aliphatic heterocycles. The van der Waals surface area contributed by atoms with Crippen molar-refractivity contribution in [2.75, 3.05) is 0 Å². The summed E-state index contributed by atoms with van der Waals surface area (Å²) in [5.74, 6) is 0. The maximum absolute atomic E-state index is 10.5. The minimum absolute atomic E-state index is 0.0652. The van der Waals surface area contributed by atoms with Gasteiger partial charge in [-0.15, -0.1) is 0 Å². The largest absolute Gasteiger partial charge is 0.300 e. The Hall–Kier alpha value is -1.45. The SMILES string of the molecule is O=c1c2nc3c(=O)n3c12. The Morgan fingerprint density at radius 3 is 2.67 bits per heavy atom. The van der Waals surface area contributed by atoms with Gasteiger partial charge in [-0.2, -0.15) is 0 Å². The average Bonchev–Trinajstić information content (AvgIpc) is 2.63. The van der Waals surface area contributed by atoms with Gasteiger partial charge in [-0.05, 0) is 0 Å². The van der Waals surface area contributed by atoms with Crippen LogP contribution in [0.2, 0.25) is 0 Å². The maximum Gasteiger partial charge on any atom is 0.300 e. The van der Waals surface area contributed by atoms with E-state index in [2.05, 4.69) is 4.98 Å². The van der Waals surface area contributed by atoms with Crippen molar-refractivity contribution in [3.63, 3.8) is 0 Å². The molecule has 2 heterocycles. The van der Waals surface area contributed by atoms with Crippen LogP contribution in [-0.2, 0) is 0 Å². The molecule has 1 aromatic carbocycles. The molecule has 4 nitrogen and oxygen atoms in total. The summed E-state index contributed by atoms with van der Waals surface area (Å²) in [5, 5.41) is 0. The fourth-order valence-corrected chi connectivity index (χ4v) is 1.02. The molecule has 0 amide bonds. The van der Waals surface area contributed by atoms with Crippen molar-refractivity contribution >= 4 is 16.7 Å². The van der Waals surface area contributed by atoms with Gasteiger partial charge < -0.3 is 0 Å². The van der Waals surface area contributed by atoms with Crippen molar-refractivity contribution in [1.29, 1.82) is 0 Å². The predicted molar refractivity (Wildman–Crippen MR) is 30.0 cm³/mol. The first kappa shape index (κ1) is 3.55. The highest BCUT2D eigenvalue weighted by Gasteiger charge is 2.29. The fourth-order valence-electron chi connectivity index (χ4n) is 1.02. The van der Waals surface area contributed by atoms with Crippen molar-refractivity contribution < 1.29 is 0 Å². The second-order valence-corrected chi connectivity index (χ2v) is 2.10. The Morgan fingerprint density at radius 1 is 1.33 bits per heavy atom. The van der Waals surface area contributed by atoms with E-state index in [-0.39, 0.29) is 11.0 Å². The van der Waals surface area contributed by atoms with Gasteiger partial charge in [0.1, 0.15) is 11.0 Å². The van der Waals surface area contributed by atoms with Gasteiger partial charge in [-0.25, -0.2) is 9.38 Å². The molecular formula is C5N2O2. The summed E-state index contributed by atoms with van der Waals surface area (Å²) < 4.78 is 1.34. The molecule has 9 heavy (non-hydrogen) atoms. The molecule has 3 rings (SSSR count). The third kappa shape index (κ3) is 0.192. The normalized spacial score (nSPS) is 13.3. The zero-order valence-corrected chi connectivity index (χ0v) is 4.21. The highest BCUT2D eigenvalue weighted by atomic mass is 16.2. The van der Waals surface area contributed by atoms with Gasteiger partial charge in [0, 0.05) is 0 Å². The standard InChI is InChI=1S/C5N2O2/c8-3-1-2(3)7-4(6-1)5(7)9. The number of fused-ring (bicyclic) bond motifs is 3. The van der Waals surface area contributed by atoms with Gasteiger partial charge >= 0.3 is 5.56 Å². The van der Waals surface area contributed by atoms with Crippen LogP contribution in [0.5, 0.6) is 0 Å². The van der Waals surface area contributed by atoms with E-state index in [0.29, 0.717) is 16.7 Å². The van der Waals surface area contributed by atoms with Crippen LogP contribution in [0, 0.1) is 0 Å². The van der Waals surface area contributed by atoms with Crippen LogP contribution in [0.3, 0.4) is 0 Å². The summed E-state index contributed by atoms with van der Waals surface area (Å²) in [5.41, 5.74) is 1.27. The quantitative estimate of drug-likeness (QED) is 0.380. The molecule has 0 N–H and O–H groups in total. The van der Waals surface area contributed by atoms with Crippen molar-refractivity contribution in [1.82, 2.24) is 9.38 Å². The van der Waals surface area contributed by atoms with E-state index < -0.39 is 0 Å². The number of aromatic nitrogens is 2. The lowest BCUT2D eigenvalue weighted by Crippen LogP contribution is -1.80. The maximum atomic E-state index is 10.5. The molecule has 0 saturated carbocycles. The number of nitrogens with zero attached hydrogens (tertiary/aromatic N) is 2. The van der Waals surface area contributed by atoms with E-state index in [1.807, 2.05) is 0 Å². The van der Waals surface area contributed by atoms with Crippen LogP contribution in [0.15, 0.2) is 9.59 Å². The molecule has 0 fully saturated rings. The van der Waals surface area contributed by atoms with Gasteiger partial charge in [0.05, 0.1) is 0 Å². The third-order valence-corrected chi connectivity index (χ3v) is 1.59. The summed E-state index contributed by atoms with van der Waals surface area (Å²) in [6, 6.07) is 0. The van der Waals surface area contributed by atoms with Crippen molar-refractivity contribution in [3.05, 3.63) is 20.6 Å². The zero-order valence-electron chi connectivity index (χ0n) is 4.21. The van der Waals surface area contributed by atoms with Crippen molar-refractivity contribution in [3.8, 4) is 0 Å². The van der Waals surface area contributed by atoms with E-state index in [1.54, 1.807) is 0 Å². The van der Waals surface area contributed by atoms with Gasteiger partial charge in [0.15, 0.2) is 0 Å². The highest BCUT2D eigenvalue weighted by Crippen LogP contribution is 2.15. The Morgan fingerprint density at radius 2 is 2.11 bits per heavy atom. The van der Waals surface area contributed by atoms with Crippen LogP contribution >= 0.6 is 0 Å². The van der Waals surface area contributed by atoms with Gasteiger partial charge in [-0.3, -0.25) is 9.59 Å². The minimum atomic E-state index is -0.111. The molecule has 0 bridgehead atoms. The molecular weight excluding hydrogens is 120 g/mol. The van der Waals surface area contributed by atoms with Crippen LogP contribution < -0.4 is 11.0 Å². The second kappa shape index (κ2) is 0.655. The smallest absolute Gasteiger partial charge is 0.285 e. The molecule has 0 aliphatic rings. The second-order valence-electron chi connectivity index (χ2n) is 2.10. The molecule has 42 valence electrons. The van der Waals surface area contributed by atoms with Crippen molar-refractivity contribution in [2.45, 2.75) is 0 Å². The summed E-state index contributed by atoms with van der Waals surface area (Å²) in [6.45, 7) is 0. The lowest BCUT2D eigenvalue weighted by atomic mass is 10.9. The Kier molecular flexibility index (Phi) is 0.258. The van der Waals surface area contributed by atoms with E-state index in [1.165, 1.54) is 4.40 Å². The van der Waals surface area contributed by atoms with Gasteiger partial charge in [0.2, 0.25) is 11.1 Å². The van der Waals surface area contributed by atoms with Crippen LogP contribution in [0.25, 0.3) is 16.7 Å². The predicted octanol–water partition coefficient (Wildman–Crippen LogP) is -1.04. The molecule has 0 atom stereocenters. The molecule has 4 heteroatoms. The van der Waals surface area contributed by atoms with Crippen LogP contribution in [0.4, 0.5) is 0 Å². The number of imidazole rings is 1. The summed E-state index contributed by atoms with van der Waals surface area (Å²) in [6.07, 6.45) is 0. The number of hydrogen-bond acceptors (Lipinski definition) is 3. The number of rotatable bonds is 0. The third-order valence-electron chi connectivity index (χ3n) is 1.59. The highest BCUT2D eigenvalue weighted by molar-refractivity contribution is 5.96. The monoisotopic (exact) mass is 120 g/mol. The van der Waals surface area contributed by atoms with Crippen LogP contribution in [-0.4, -0.2) is 9.38 Å². The first-order chi connectivity index (χ1) is 4.30. The first-order valence-electron chi connectivity index (χ1n) is 2.53. The molecule has 0 aliphatic carbocycles. The molecule has 0 radical (unpaired) electrons. The van der Waals surface area contributed by atoms with E-state index in [0.717, 1.165) is 0 Å². The topological polar surface area (TPSA) is 51.4 Å². The van der Waals surface area contributed by atoms with Crippen molar-refractivity contribution in [2.24, 2.45) is 0 Å². The molecule has 0 unspecified atom stereocenters. The Balaban J connectivity index is 2.91. The lowest BCUT2D eigenvalue weighted by molar-refractivity contribution is 1.40. The van der Waals surface area contributed by atoms with E-state index in [4.69, 9.17) is 0 Å². The Bertz CT molecular complexity index is 491. The molecule has 2 aromatic heterocycles. The average molecular weight is 120 g/mol. The van der Waals surface area contributed by atoms with E-state index >= 15 is 0 Å². The molecule has 0 saturated heterocycles.